The monoisotopic (exact) mass is 278 g/mol. The second kappa shape index (κ2) is 6.52. The third-order valence-electron chi connectivity index (χ3n) is 3.68. The Kier molecular flexibility index (Phi) is 4.74. The molecule has 5 heteroatoms. The molecule has 0 unspecified atom stereocenters. The zero-order valence-electron chi connectivity index (χ0n) is 11.1. The van der Waals surface area contributed by atoms with Gasteiger partial charge >= 0.3 is 11.9 Å². The van der Waals surface area contributed by atoms with Crippen molar-refractivity contribution in [2.24, 2.45) is 5.92 Å². The summed E-state index contributed by atoms with van der Waals surface area (Å²) >= 11 is 0. The van der Waals surface area contributed by atoms with Crippen LogP contribution < -0.4 is 0 Å². The van der Waals surface area contributed by atoms with E-state index < -0.39 is 11.9 Å². The molecule has 1 saturated carbocycles. The summed E-state index contributed by atoms with van der Waals surface area (Å²) in [6, 6.07) is 6.67. The standard InChI is InChI=1S/C15H18O5/c16-14(17)11-4-6-13(7-5-11)20-9-10-2-1-3-12(8-10)15(18)19/h1-3,8,11,13H,4-7,9H2,(H,16,17)(H,18,19). The van der Waals surface area contributed by atoms with Gasteiger partial charge in [0.2, 0.25) is 0 Å². The second-order valence-corrected chi connectivity index (χ2v) is 5.13. The molecule has 2 N–H and O–H groups in total. The van der Waals surface area contributed by atoms with Crippen molar-refractivity contribution in [2.45, 2.75) is 38.4 Å². The smallest absolute Gasteiger partial charge is 0.335 e. The van der Waals surface area contributed by atoms with E-state index in [0.29, 0.717) is 19.4 Å². The van der Waals surface area contributed by atoms with Crippen molar-refractivity contribution in [3.63, 3.8) is 0 Å². The van der Waals surface area contributed by atoms with Crippen LogP contribution in [0.4, 0.5) is 0 Å². The molecule has 20 heavy (non-hydrogen) atoms. The summed E-state index contributed by atoms with van der Waals surface area (Å²) in [5.41, 5.74) is 1.07. The maximum absolute atomic E-state index is 10.9. The van der Waals surface area contributed by atoms with Crippen molar-refractivity contribution >= 4 is 11.9 Å². The zero-order chi connectivity index (χ0) is 14.5. The van der Waals surface area contributed by atoms with Crippen molar-refractivity contribution in [1.29, 1.82) is 0 Å². The number of carbonyl (C=O) groups is 2. The van der Waals surface area contributed by atoms with Crippen molar-refractivity contribution in [1.82, 2.24) is 0 Å². The molecule has 0 bridgehead atoms. The first kappa shape index (κ1) is 14.5. The highest BCUT2D eigenvalue weighted by Gasteiger charge is 2.26. The molecule has 0 radical (unpaired) electrons. The Labute approximate surface area is 117 Å². The molecule has 2 rings (SSSR count). The van der Waals surface area contributed by atoms with Gasteiger partial charge in [-0.05, 0) is 43.4 Å². The van der Waals surface area contributed by atoms with E-state index in [2.05, 4.69) is 0 Å². The Morgan fingerprint density at radius 1 is 1.15 bits per heavy atom. The first-order chi connectivity index (χ1) is 9.56. The van der Waals surface area contributed by atoms with E-state index in [0.717, 1.165) is 18.4 Å². The van der Waals surface area contributed by atoms with Crippen molar-refractivity contribution < 1.29 is 24.5 Å². The average molecular weight is 278 g/mol. The number of rotatable bonds is 5. The Morgan fingerprint density at radius 3 is 2.45 bits per heavy atom. The molecule has 0 aliphatic heterocycles. The van der Waals surface area contributed by atoms with Crippen LogP contribution in [0.25, 0.3) is 0 Å². The quantitative estimate of drug-likeness (QED) is 0.864. The molecule has 0 aromatic heterocycles. The molecule has 1 aliphatic rings. The number of aliphatic carboxylic acids is 1. The lowest BCUT2D eigenvalue weighted by molar-refractivity contribution is -0.143. The van der Waals surface area contributed by atoms with Crippen molar-refractivity contribution in [3.05, 3.63) is 35.4 Å². The number of benzene rings is 1. The van der Waals surface area contributed by atoms with Gasteiger partial charge in [0.15, 0.2) is 0 Å². The largest absolute Gasteiger partial charge is 0.481 e. The van der Waals surface area contributed by atoms with E-state index in [9.17, 15) is 9.59 Å². The molecule has 1 aromatic carbocycles. The number of carboxylic acid groups (broad SMARTS) is 2. The van der Waals surface area contributed by atoms with Gasteiger partial charge < -0.3 is 14.9 Å². The van der Waals surface area contributed by atoms with Crippen LogP contribution in [0, 0.1) is 5.92 Å². The Morgan fingerprint density at radius 2 is 1.85 bits per heavy atom. The van der Waals surface area contributed by atoms with Crippen molar-refractivity contribution in [3.8, 4) is 0 Å². The molecule has 0 spiro atoms. The first-order valence-electron chi connectivity index (χ1n) is 6.73. The fourth-order valence-corrected chi connectivity index (χ4v) is 2.48. The van der Waals surface area contributed by atoms with E-state index in [4.69, 9.17) is 14.9 Å². The van der Waals surface area contributed by atoms with Crippen LogP contribution in [0.15, 0.2) is 24.3 Å². The summed E-state index contributed by atoms with van der Waals surface area (Å²) in [4.78, 5) is 21.7. The summed E-state index contributed by atoms with van der Waals surface area (Å²) in [7, 11) is 0. The number of hydrogen-bond acceptors (Lipinski definition) is 3. The Bertz CT molecular complexity index is 489. The van der Waals surface area contributed by atoms with Gasteiger partial charge in [0.25, 0.3) is 0 Å². The summed E-state index contributed by atoms with van der Waals surface area (Å²) in [6.07, 6.45) is 2.86. The lowest BCUT2D eigenvalue weighted by Crippen LogP contribution is -2.25. The lowest BCUT2D eigenvalue weighted by atomic mass is 9.87. The van der Waals surface area contributed by atoms with Crippen LogP contribution in [0.5, 0.6) is 0 Å². The van der Waals surface area contributed by atoms with Crippen LogP contribution in [-0.4, -0.2) is 28.3 Å². The molecule has 0 amide bonds. The van der Waals surface area contributed by atoms with Gasteiger partial charge in [-0.3, -0.25) is 4.79 Å². The highest BCUT2D eigenvalue weighted by Crippen LogP contribution is 2.27. The Hall–Kier alpha value is -1.88. The Balaban J connectivity index is 1.83. The minimum absolute atomic E-state index is 0.0686. The van der Waals surface area contributed by atoms with E-state index in [-0.39, 0.29) is 17.6 Å². The predicted molar refractivity (Wildman–Crippen MR) is 71.6 cm³/mol. The van der Waals surface area contributed by atoms with E-state index in [1.807, 2.05) is 6.07 Å². The molecule has 1 aromatic rings. The van der Waals surface area contributed by atoms with E-state index in [1.54, 1.807) is 18.2 Å². The molecule has 108 valence electrons. The van der Waals surface area contributed by atoms with Gasteiger partial charge in [0.1, 0.15) is 0 Å². The van der Waals surface area contributed by atoms with Crippen LogP contribution in [0.1, 0.15) is 41.6 Å². The molecule has 1 aliphatic carbocycles. The minimum Gasteiger partial charge on any atom is -0.481 e. The predicted octanol–water partition coefficient (Wildman–Crippen LogP) is 2.54. The number of hydrogen-bond donors (Lipinski definition) is 2. The highest BCUT2D eigenvalue weighted by molar-refractivity contribution is 5.87. The van der Waals surface area contributed by atoms with E-state index in [1.165, 1.54) is 0 Å². The van der Waals surface area contributed by atoms with Crippen LogP contribution in [0.3, 0.4) is 0 Å². The third-order valence-corrected chi connectivity index (χ3v) is 3.68. The molecule has 0 heterocycles. The normalized spacial score (nSPS) is 22.4. The maximum Gasteiger partial charge on any atom is 0.335 e. The average Bonchev–Trinajstić information content (AvgIpc) is 2.46. The fourth-order valence-electron chi connectivity index (χ4n) is 2.48. The summed E-state index contributed by atoms with van der Waals surface area (Å²) in [5.74, 6) is -1.92. The van der Waals surface area contributed by atoms with E-state index >= 15 is 0 Å². The molecule has 1 fully saturated rings. The number of carboxylic acids is 2. The second-order valence-electron chi connectivity index (χ2n) is 5.13. The maximum atomic E-state index is 10.9. The third kappa shape index (κ3) is 3.81. The number of aromatic carboxylic acids is 1. The highest BCUT2D eigenvalue weighted by atomic mass is 16.5. The fraction of sp³-hybridized carbons (Fsp3) is 0.467. The zero-order valence-corrected chi connectivity index (χ0v) is 11.1. The topological polar surface area (TPSA) is 83.8 Å². The van der Waals surface area contributed by atoms with Crippen LogP contribution in [-0.2, 0) is 16.1 Å². The van der Waals surface area contributed by atoms with Gasteiger partial charge in [-0.15, -0.1) is 0 Å². The van der Waals surface area contributed by atoms with Gasteiger partial charge in [-0.2, -0.15) is 0 Å². The van der Waals surface area contributed by atoms with Gasteiger partial charge in [-0.1, -0.05) is 12.1 Å². The van der Waals surface area contributed by atoms with Crippen LogP contribution in [0.2, 0.25) is 0 Å². The summed E-state index contributed by atoms with van der Waals surface area (Å²) in [6.45, 7) is 0.365. The molecule has 0 atom stereocenters. The summed E-state index contributed by atoms with van der Waals surface area (Å²) in [5, 5.41) is 17.8. The van der Waals surface area contributed by atoms with Crippen molar-refractivity contribution in [2.75, 3.05) is 0 Å². The van der Waals surface area contributed by atoms with Gasteiger partial charge in [-0.25, -0.2) is 4.79 Å². The lowest BCUT2D eigenvalue weighted by Gasteiger charge is -2.26. The van der Waals surface area contributed by atoms with Gasteiger partial charge in [0, 0.05) is 0 Å². The molecular formula is C15H18O5. The SMILES string of the molecule is O=C(O)c1cccc(COC2CCC(C(=O)O)CC2)c1. The van der Waals surface area contributed by atoms with Gasteiger partial charge in [0.05, 0.1) is 24.2 Å². The first-order valence-corrected chi connectivity index (χ1v) is 6.73. The minimum atomic E-state index is -0.950. The summed E-state index contributed by atoms with van der Waals surface area (Å²) < 4.78 is 5.75. The molecule has 5 nitrogen and oxygen atoms in total. The van der Waals surface area contributed by atoms with Crippen LogP contribution >= 0.6 is 0 Å². The molecular weight excluding hydrogens is 260 g/mol. The molecule has 0 saturated heterocycles. The number of ether oxygens (including phenoxy) is 1.